The molecular formula is C14H20N2O4. The van der Waals surface area contributed by atoms with Crippen molar-refractivity contribution in [1.29, 1.82) is 0 Å². The van der Waals surface area contributed by atoms with Crippen LogP contribution in [0.25, 0.3) is 0 Å². The quantitative estimate of drug-likeness (QED) is 0.715. The first kappa shape index (κ1) is 15.8. The van der Waals surface area contributed by atoms with E-state index in [0.29, 0.717) is 23.9 Å². The van der Waals surface area contributed by atoms with Crippen LogP contribution in [-0.2, 0) is 4.79 Å². The SMILES string of the molecule is CC(C)CCNC(=O)Nc1cccc(OCC(=O)O)c1. The number of urea groups is 1. The first-order valence-electron chi connectivity index (χ1n) is 6.47. The van der Waals surface area contributed by atoms with Gasteiger partial charge in [-0.05, 0) is 24.5 Å². The van der Waals surface area contributed by atoms with Crippen molar-refractivity contribution in [2.24, 2.45) is 5.92 Å². The zero-order chi connectivity index (χ0) is 15.0. The number of benzene rings is 1. The van der Waals surface area contributed by atoms with Gasteiger partial charge in [0.1, 0.15) is 5.75 Å². The lowest BCUT2D eigenvalue weighted by Crippen LogP contribution is -2.30. The Labute approximate surface area is 118 Å². The second-order valence-electron chi connectivity index (χ2n) is 4.77. The van der Waals surface area contributed by atoms with Crippen molar-refractivity contribution in [2.45, 2.75) is 20.3 Å². The van der Waals surface area contributed by atoms with Gasteiger partial charge in [0.2, 0.25) is 0 Å². The van der Waals surface area contributed by atoms with Crippen molar-refractivity contribution in [1.82, 2.24) is 5.32 Å². The molecule has 0 fully saturated rings. The highest BCUT2D eigenvalue weighted by molar-refractivity contribution is 5.89. The fourth-order valence-corrected chi connectivity index (χ4v) is 1.46. The summed E-state index contributed by atoms with van der Waals surface area (Å²) >= 11 is 0. The van der Waals surface area contributed by atoms with Crippen LogP contribution >= 0.6 is 0 Å². The van der Waals surface area contributed by atoms with E-state index in [0.717, 1.165) is 6.42 Å². The Balaban J connectivity index is 2.44. The maximum Gasteiger partial charge on any atom is 0.341 e. The van der Waals surface area contributed by atoms with Crippen molar-refractivity contribution >= 4 is 17.7 Å². The summed E-state index contributed by atoms with van der Waals surface area (Å²) in [5, 5.41) is 13.9. The average Bonchev–Trinajstić information content (AvgIpc) is 2.36. The number of anilines is 1. The van der Waals surface area contributed by atoms with E-state index in [2.05, 4.69) is 24.5 Å². The van der Waals surface area contributed by atoms with Gasteiger partial charge in [-0.2, -0.15) is 0 Å². The van der Waals surface area contributed by atoms with E-state index in [1.807, 2.05) is 0 Å². The normalized spacial score (nSPS) is 10.2. The van der Waals surface area contributed by atoms with Crippen LogP contribution < -0.4 is 15.4 Å². The minimum atomic E-state index is -1.05. The van der Waals surface area contributed by atoms with Crippen molar-refractivity contribution in [2.75, 3.05) is 18.5 Å². The topological polar surface area (TPSA) is 87.7 Å². The van der Waals surface area contributed by atoms with Gasteiger partial charge in [-0.1, -0.05) is 19.9 Å². The molecule has 1 aromatic rings. The Morgan fingerprint density at radius 1 is 1.35 bits per heavy atom. The minimum absolute atomic E-state index is 0.291. The van der Waals surface area contributed by atoms with Crippen LogP contribution in [0.2, 0.25) is 0 Å². The van der Waals surface area contributed by atoms with E-state index in [1.165, 1.54) is 0 Å². The van der Waals surface area contributed by atoms with Crippen LogP contribution in [0, 0.1) is 5.92 Å². The molecule has 0 unspecified atom stereocenters. The summed E-state index contributed by atoms with van der Waals surface area (Å²) in [6.07, 6.45) is 0.912. The molecule has 1 aromatic carbocycles. The van der Waals surface area contributed by atoms with Crippen LogP contribution in [-0.4, -0.2) is 30.3 Å². The summed E-state index contributed by atoms with van der Waals surface area (Å²) in [4.78, 5) is 22.0. The zero-order valence-corrected chi connectivity index (χ0v) is 11.7. The molecule has 0 spiro atoms. The smallest absolute Gasteiger partial charge is 0.341 e. The third kappa shape index (κ3) is 6.63. The Hall–Kier alpha value is -2.24. The lowest BCUT2D eigenvalue weighted by Gasteiger charge is -2.10. The molecule has 20 heavy (non-hydrogen) atoms. The summed E-state index contributed by atoms with van der Waals surface area (Å²) in [5.74, 6) is -0.120. The second-order valence-corrected chi connectivity index (χ2v) is 4.77. The highest BCUT2D eigenvalue weighted by atomic mass is 16.5. The van der Waals surface area contributed by atoms with Crippen molar-refractivity contribution < 1.29 is 19.4 Å². The van der Waals surface area contributed by atoms with Crippen molar-refractivity contribution in [3.8, 4) is 5.75 Å². The molecule has 0 heterocycles. The van der Waals surface area contributed by atoms with E-state index >= 15 is 0 Å². The van der Waals surface area contributed by atoms with Gasteiger partial charge in [0.05, 0.1) is 0 Å². The molecule has 0 saturated carbocycles. The van der Waals surface area contributed by atoms with Crippen LogP contribution in [0.1, 0.15) is 20.3 Å². The van der Waals surface area contributed by atoms with Crippen LogP contribution in [0.15, 0.2) is 24.3 Å². The summed E-state index contributed by atoms with van der Waals surface area (Å²) in [6, 6.07) is 6.30. The second kappa shape index (κ2) is 8.04. The predicted octanol–water partition coefficient (Wildman–Crippen LogP) is 2.32. The number of hydrogen-bond acceptors (Lipinski definition) is 3. The number of ether oxygens (including phenoxy) is 1. The fraction of sp³-hybridized carbons (Fsp3) is 0.429. The highest BCUT2D eigenvalue weighted by Crippen LogP contribution is 2.17. The number of amides is 2. The Morgan fingerprint density at radius 3 is 2.75 bits per heavy atom. The number of carbonyl (C=O) groups excluding carboxylic acids is 1. The van der Waals surface area contributed by atoms with Gasteiger partial charge in [0.15, 0.2) is 6.61 Å². The number of aliphatic carboxylic acids is 1. The van der Waals surface area contributed by atoms with Gasteiger partial charge < -0.3 is 20.5 Å². The van der Waals surface area contributed by atoms with Crippen molar-refractivity contribution in [3.05, 3.63) is 24.3 Å². The molecule has 0 aromatic heterocycles. The van der Waals surface area contributed by atoms with E-state index in [4.69, 9.17) is 9.84 Å². The number of carbonyl (C=O) groups is 2. The third-order valence-electron chi connectivity index (χ3n) is 2.46. The Kier molecular flexibility index (Phi) is 6.36. The first-order valence-corrected chi connectivity index (χ1v) is 6.47. The summed E-state index contributed by atoms with van der Waals surface area (Å²) in [5.41, 5.74) is 0.551. The summed E-state index contributed by atoms with van der Waals surface area (Å²) < 4.78 is 5.03. The molecule has 6 nitrogen and oxygen atoms in total. The lowest BCUT2D eigenvalue weighted by molar-refractivity contribution is -0.139. The summed E-state index contributed by atoms with van der Waals surface area (Å²) in [6.45, 7) is 4.37. The van der Waals surface area contributed by atoms with Gasteiger partial charge >= 0.3 is 12.0 Å². The largest absolute Gasteiger partial charge is 0.482 e. The van der Waals surface area contributed by atoms with Crippen molar-refractivity contribution in [3.63, 3.8) is 0 Å². The standard InChI is InChI=1S/C14H20N2O4/c1-10(2)6-7-15-14(19)16-11-4-3-5-12(8-11)20-9-13(17)18/h3-5,8,10H,6-7,9H2,1-2H3,(H,17,18)(H2,15,16,19). The molecule has 2 amide bonds. The summed E-state index contributed by atoms with van der Waals surface area (Å²) in [7, 11) is 0. The highest BCUT2D eigenvalue weighted by Gasteiger charge is 2.04. The van der Waals surface area contributed by atoms with Gasteiger partial charge in [-0.25, -0.2) is 9.59 Å². The van der Waals surface area contributed by atoms with E-state index < -0.39 is 12.6 Å². The van der Waals surface area contributed by atoms with Crippen LogP contribution in [0.5, 0.6) is 5.75 Å². The molecule has 1 rings (SSSR count). The van der Waals surface area contributed by atoms with Crippen LogP contribution in [0.4, 0.5) is 10.5 Å². The van der Waals surface area contributed by atoms with E-state index in [1.54, 1.807) is 24.3 Å². The van der Waals surface area contributed by atoms with Gasteiger partial charge in [0, 0.05) is 18.3 Å². The number of hydrogen-bond donors (Lipinski definition) is 3. The zero-order valence-electron chi connectivity index (χ0n) is 11.7. The van der Waals surface area contributed by atoms with Gasteiger partial charge in [0.25, 0.3) is 0 Å². The number of carboxylic acids is 1. The number of nitrogens with one attached hydrogen (secondary N) is 2. The average molecular weight is 280 g/mol. The van der Waals surface area contributed by atoms with Crippen LogP contribution in [0.3, 0.4) is 0 Å². The monoisotopic (exact) mass is 280 g/mol. The molecule has 0 aliphatic heterocycles. The molecule has 0 aliphatic carbocycles. The fourth-order valence-electron chi connectivity index (χ4n) is 1.46. The minimum Gasteiger partial charge on any atom is -0.482 e. The predicted molar refractivity (Wildman–Crippen MR) is 76.0 cm³/mol. The Bertz CT molecular complexity index is 460. The maximum atomic E-state index is 11.6. The van der Waals surface area contributed by atoms with E-state index in [9.17, 15) is 9.59 Å². The lowest BCUT2D eigenvalue weighted by atomic mass is 10.1. The van der Waals surface area contributed by atoms with Gasteiger partial charge in [-0.15, -0.1) is 0 Å². The third-order valence-corrected chi connectivity index (χ3v) is 2.46. The molecule has 0 radical (unpaired) electrons. The first-order chi connectivity index (χ1) is 9.47. The molecular weight excluding hydrogens is 260 g/mol. The molecule has 0 aliphatic rings. The molecule has 0 bridgehead atoms. The molecule has 3 N–H and O–H groups in total. The number of rotatable bonds is 7. The molecule has 0 atom stereocenters. The molecule has 0 saturated heterocycles. The maximum absolute atomic E-state index is 11.6. The Morgan fingerprint density at radius 2 is 2.10 bits per heavy atom. The van der Waals surface area contributed by atoms with Gasteiger partial charge in [-0.3, -0.25) is 0 Å². The number of carboxylic acid groups (broad SMARTS) is 1. The van der Waals surface area contributed by atoms with E-state index in [-0.39, 0.29) is 6.03 Å². The molecule has 110 valence electrons. The molecule has 6 heteroatoms.